The highest BCUT2D eigenvalue weighted by Crippen LogP contribution is 2.40. The third-order valence-electron chi connectivity index (χ3n) is 4.52. The molecule has 19 heavy (non-hydrogen) atoms. The molecule has 0 radical (unpaired) electrons. The summed E-state index contributed by atoms with van der Waals surface area (Å²) in [5.41, 5.74) is 5.02. The maximum absolute atomic E-state index is 12.8. The topological polar surface area (TPSA) is 88.2 Å². The molecule has 1 heterocycles. The highest BCUT2D eigenvalue weighted by Gasteiger charge is 2.47. The number of hydrogen-bond donors (Lipinski definition) is 2. The molecule has 6 heteroatoms. The molecule has 1 aliphatic heterocycles. The molecule has 0 aromatic heterocycles. The Bertz CT molecular complexity index is 358. The normalized spacial score (nSPS) is 24.4. The molecule has 0 bridgehead atoms. The second kappa shape index (κ2) is 5.77. The quantitative estimate of drug-likeness (QED) is 0.345. The van der Waals surface area contributed by atoms with Gasteiger partial charge in [-0.3, -0.25) is 4.79 Å². The van der Waals surface area contributed by atoms with E-state index in [1.807, 2.05) is 7.05 Å². The Labute approximate surface area is 113 Å². The highest BCUT2D eigenvalue weighted by atomic mass is 16.5. The van der Waals surface area contributed by atoms with E-state index in [1.165, 1.54) is 0 Å². The van der Waals surface area contributed by atoms with Crippen LogP contribution in [0.15, 0.2) is 5.16 Å². The monoisotopic (exact) mass is 269 g/mol. The van der Waals surface area contributed by atoms with Gasteiger partial charge < -0.3 is 20.6 Å². The summed E-state index contributed by atoms with van der Waals surface area (Å²) in [6, 6.07) is 0.199. The highest BCUT2D eigenvalue weighted by molar-refractivity contribution is 6.07. The Morgan fingerprint density at radius 3 is 2.47 bits per heavy atom. The molecule has 2 fully saturated rings. The van der Waals surface area contributed by atoms with Crippen molar-refractivity contribution >= 4 is 11.7 Å². The lowest BCUT2D eigenvalue weighted by Gasteiger charge is -2.37. The Hall–Kier alpha value is -1.30. The number of ether oxygens (including phenoxy) is 1. The molecule has 1 amide bonds. The molecule has 2 rings (SSSR count). The molecule has 0 aromatic rings. The third kappa shape index (κ3) is 2.54. The van der Waals surface area contributed by atoms with Crippen LogP contribution in [0.1, 0.15) is 38.5 Å². The summed E-state index contributed by atoms with van der Waals surface area (Å²) in [5.74, 6) is 0.0566. The SMILES string of the molecule is CN(C(=O)C1(C(N)=NO)CCCC1)C1CCOCC1. The van der Waals surface area contributed by atoms with E-state index in [0.29, 0.717) is 26.1 Å². The molecule has 3 N–H and O–H groups in total. The molecular formula is C13H23N3O3. The second-order valence-corrected chi connectivity index (χ2v) is 5.53. The van der Waals surface area contributed by atoms with E-state index in [4.69, 9.17) is 15.7 Å². The van der Waals surface area contributed by atoms with Gasteiger partial charge in [-0.25, -0.2) is 0 Å². The van der Waals surface area contributed by atoms with Crippen LogP contribution in [0, 0.1) is 5.41 Å². The van der Waals surface area contributed by atoms with Gasteiger partial charge in [0, 0.05) is 26.3 Å². The number of carbonyl (C=O) groups excluding carboxylic acids is 1. The van der Waals surface area contributed by atoms with Crippen molar-refractivity contribution in [2.45, 2.75) is 44.6 Å². The predicted octanol–water partition coefficient (Wildman–Crippen LogP) is 0.931. The lowest BCUT2D eigenvalue weighted by Crippen LogP contribution is -2.52. The zero-order chi connectivity index (χ0) is 13.9. The maximum atomic E-state index is 12.8. The van der Waals surface area contributed by atoms with Crippen molar-refractivity contribution in [2.24, 2.45) is 16.3 Å². The average Bonchev–Trinajstić information content (AvgIpc) is 2.96. The fourth-order valence-electron chi connectivity index (χ4n) is 3.23. The van der Waals surface area contributed by atoms with E-state index in [1.54, 1.807) is 4.90 Å². The van der Waals surface area contributed by atoms with E-state index >= 15 is 0 Å². The Morgan fingerprint density at radius 1 is 1.37 bits per heavy atom. The van der Waals surface area contributed by atoms with Gasteiger partial charge in [0.2, 0.25) is 5.91 Å². The molecule has 2 aliphatic rings. The van der Waals surface area contributed by atoms with Gasteiger partial charge in [-0.05, 0) is 25.7 Å². The lowest BCUT2D eigenvalue weighted by atomic mass is 9.82. The minimum atomic E-state index is -0.790. The second-order valence-electron chi connectivity index (χ2n) is 5.53. The standard InChI is InChI=1S/C13H23N3O3/c1-16(10-4-8-19-9-5-10)12(17)13(11(14)15-18)6-2-3-7-13/h10,18H,2-9H2,1H3,(H2,14,15). The van der Waals surface area contributed by atoms with Crippen LogP contribution in [0.25, 0.3) is 0 Å². The molecule has 6 nitrogen and oxygen atoms in total. The first-order chi connectivity index (χ1) is 9.12. The smallest absolute Gasteiger partial charge is 0.236 e. The van der Waals surface area contributed by atoms with Gasteiger partial charge in [-0.15, -0.1) is 0 Å². The van der Waals surface area contributed by atoms with Crippen LogP contribution in [-0.4, -0.2) is 48.2 Å². The van der Waals surface area contributed by atoms with Gasteiger partial charge in [0.25, 0.3) is 0 Å². The van der Waals surface area contributed by atoms with E-state index in [9.17, 15) is 4.79 Å². The fourth-order valence-corrected chi connectivity index (χ4v) is 3.23. The number of oxime groups is 1. The van der Waals surface area contributed by atoms with Crippen LogP contribution in [0.5, 0.6) is 0 Å². The summed E-state index contributed by atoms with van der Waals surface area (Å²) in [4.78, 5) is 14.6. The number of hydrogen-bond acceptors (Lipinski definition) is 4. The van der Waals surface area contributed by atoms with Crippen LogP contribution < -0.4 is 5.73 Å². The molecule has 0 atom stereocenters. The number of nitrogens with zero attached hydrogens (tertiary/aromatic N) is 2. The average molecular weight is 269 g/mol. The molecule has 1 aliphatic carbocycles. The first kappa shape index (κ1) is 14.1. The predicted molar refractivity (Wildman–Crippen MR) is 70.9 cm³/mol. The Balaban J connectivity index is 2.15. The van der Waals surface area contributed by atoms with E-state index < -0.39 is 5.41 Å². The summed E-state index contributed by atoms with van der Waals surface area (Å²) < 4.78 is 5.32. The van der Waals surface area contributed by atoms with E-state index in [0.717, 1.165) is 25.7 Å². The molecule has 0 aromatic carbocycles. The van der Waals surface area contributed by atoms with Crippen molar-refractivity contribution in [1.29, 1.82) is 0 Å². The zero-order valence-corrected chi connectivity index (χ0v) is 11.5. The van der Waals surface area contributed by atoms with Gasteiger partial charge >= 0.3 is 0 Å². The number of amidine groups is 1. The largest absolute Gasteiger partial charge is 0.409 e. The molecule has 1 saturated carbocycles. The van der Waals surface area contributed by atoms with Crippen molar-refractivity contribution in [3.63, 3.8) is 0 Å². The van der Waals surface area contributed by atoms with Crippen LogP contribution in [0.4, 0.5) is 0 Å². The minimum Gasteiger partial charge on any atom is -0.409 e. The Morgan fingerprint density at radius 2 is 1.95 bits per heavy atom. The van der Waals surface area contributed by atoms with Crippen molar-refractivity contribution < 1.29 is 14.7 Å². The zero-order valence-electron chi connectivity index (χ0n) is 11.5. The number of nitrogens with two attached hydrogens (primary N) is 1. The van der Waals surface area contributed by atoms with Crippen LogP contribution in [-0.2, 0) is 9.53 Å². The number of rotatable bonds is 3. The lowest BCUT2D eigenvalue weighted by molar-refractivity contribution is -0.140. The summed E-state index contributed by atoms with van der Waals surface area (Å²) in [6.45, 7) is 1.39. The Kier molecular flexibility index (Phi) is 4.29. The number of carbonyl (C=O) groups is 1. The summed E-state index contributed by atoms with van der Waals surface area (Å²) >= 11 is 0. The van der Waals surface area contributed by atoms with Gasteiger partial charge in [0.15, 0.2) is 5.84 Å². The van der Waals surface area contributed by atoms with Gasteiger partial charge in [-0.2, -0.15) is 0 Å². The first-order valence-electron chi connectivity index (χ1n) is 6.95. The van der Waals surface area contributed by atoms with E-state index in [2.05, 4.69) is 5.16 Å². The van der Waals surface area contributed by atoms with Crippen molar-refractivity contribution in [3.8, 4) is 0 Å². The minimum absolute atomic E-state index is 0.00722. The molecule has 108 valence electrons. The van der Waals surface area contributed by atoms with Crippen LogP contribution >= 0.6 is 0 Å². The molecule has 0 unspecified atom stereocenters. The van der Waals surface area contributed by atoms with Crippen molar-refractivity contribution in [1.82, 2.24) is 4.90 Å². The summed E-state index contributed by atoms with van der Waals surface area (Å²) in [7, 11) is 1.82. The molecule has 1 saturated heterocycles. The summed E-state index contributed by atoms with van der Waals surface area (Å²) in [5, 5.41) is 12.1. The molecular weight excluding hydrogens is 246 g/mol. The van der Waals surface area contributed by atoms with Gasteiger partial charge in [-0.1, -0.05) is 18.0 Å². The number of amides is 1. The van der Waals surface area contributed by atoms with Crippen LogP contribution in [0.3, 0.4) is 0 Å². The first-order valence-corrected chi connectivity index (χ1v) is 6.95. The van der Waals surface area contributed by atoms with Crippen LogP contribution in [0.2, 0.25) is 0 Å². The third-order valence-corrected chi connectivity index (χ3v) is 4.52. The maximum Gasteiger partial charge on any atom is 0.236 e. The molecule has 0 spiro atoms. The fraction of sp³-hybridized carbons (Fsp3) is 0.846. The van der Waals surface area contributed by atoms with Crippen molar-refractivity contribution in [3.05, 3.63) is 0 Å². The van der Waals surface area contributed by atoms with E-state index in [-0.39, 0.29) is 17.8 Å². The van der Waals surface area contributed by atoms with Gasteiger partial charge in [0.1, 0.15) is 5.41 Å². The van der Waals surface area contributed by atoms with Gasteiger partial charge in [0.05, 0.1) is 0 Å². The summed E-state index contributed by atoms with van der Waals surface area (Å²) in [6.07, 6.45) is 4.96. The van der Waals surface area contributed by atoms with Crippen molar-refractivity contribution in [2.75, 3.05) is 20.3 Å².